The summed E-state index contributed by atoms with van der Waals surface area (Å²) in [6.45, 7) is 0.557. The Labute approximate surface area is 205 Å². The summed E-state index contributed by atoms with van der Waals surface area (Å²) in [4.78, 5) is 29.1. The highest BCUT2D eigenvalue weighted by atomic mass is 35.5. The molecular weight excluding hydrogens is 477 g/mol. The highest BCUT2D eigenvalue weighted by molar-refractivity contribution is 8.01. The number of ether oxygens (including phenoxy) is 1. The minimum absolute atomic E-state index is 0.216. The van der Waals surface area contributed by atoms with Gasteiger partial charge in [0.1, 0.15) is 11.6 Å². The third kappa shape index (κ3) is 3.67. The van der Waals surface area contributed by atoms with E-state index in [1.165, 1.54) is 28.8 Å². The van der Waals surface area contributed by atoms with Crippen molar-refractivity contribution in [1.29, 1.82) is 0 Å². The van der Waals surface area contributed by atoms with E-state index in [1.807, 2.05) is 18.2 Å². The smallest absolute Gasteiger partial charge is 0.323 e. The van der Waals surface area contributed by atoms with Crippen LogP contribution in [0.1, 0.15) is 11.1 Å². The first-order chi connectivity index (χ1) is 16.4. The Hall–Kier alpha value is -3.23. The molecule has 0 saturated carbocycles. The van der Waals surface area contributed by atoms with E-state index in [0.29, 0.717) is 40.0 Å². The Morgan fingerprint density at radius 3 is 2.68 bits per heavy atom. The van der Waals surface area contributed by atoms with E-state index in [-0.39, 0.29) is 12.5 Å². The molecule has 0 bridgehead atoms. The maximum absolute atomic E-state index is 14.4. The summed E-state index contributed by atoms with van der Waals surface area (Å²) in [6.07, 6.45) is 0. The summed E-state index contributed by atoms with van der Waals surface area (Å²) >= 11 is 7.70. The molecule has 2 heterocycles. The van der Waals surface area contributed by atoms with Crippen molar-refractivity contribution in [2.75, 3.05) is 29.6 Å². The van der Waals surface area contributed by atoms with Crippen molar-refractivity contribution in [1.82, 2.24) is 4.90 Å². The second kappa shape index (κ2) is 8.85. The molecule has 1 N–H and O–H groups in total. The topological polar surface area (TPSA) is 61.9 Å². The number of nitrogens with one attached hydrogen (secondary N) is 1. The van der Waals surface area contributed by atoms with Crippen LogP contribution < -0.4 is 15.0 Å². The molecule has 5 rings (SSSR count). The van der Waals surface area contributed by atoms with Crippen molar-refractivity contribution >= 4 is 46.7 Å². The number of benzene rings is 3. The number of thioether (sulfide) groups is 1. The first-order valence-corrected chi connectivity index (χ1v) is 12.0. The zero-order valence-corrected chi connectivity index (χ0v) is 19.8. The molecule has 0 aliphatic carbocycles. The van der Waals surface area contributed by atoms with Gasteiger partial charge in [-0.2, -0.15) is 0 Å². The number of hydrogen-bond acceptors (Lipinski definition) is 4. The third-order valence-corrected chi connectivity index (χ3v) is 7.82. The van der Waals surface area contributed by atoms with Crippen molar-refractivity contribution in [2.24, 2.45) is 0 Å². The maximum Gasteiger partial charge on any atom is 0.323 e. The molecular formula is C25H21ClFN3O3S. The number of carbonyl (C=O) groups excluding carboxylic acids is 2. The number of anilines is 2. The molecule has 34 heavy (non-hydrogen) atoms. The summed E-state index contributed by atoms with van der Waals surface area (Å²) < 4.78 is 19.6. The largest absolute Gasteiger partial charge is 0.497 e. The van der Waals surface area contributed by atoms with Crippen LogP contribution in [0.25, 0.3) is 0 Å². The Balaban J connectivity index is 1.51. The van der Waals surface area contributed by atoms with Gasteiger partial charge in [0.25, 0.3) is 5.91 Å². The Morgan fingerprint density at radius 2 is 1.94 bits per heavy atom. The van der Waals surface area contributed by atoms with E-state index >= 15 is 0 Å². The molecule has 0 unspecified atom stereocenters. The van der Waals surface area contributed by atoms with Gasteiger partial charge >= 0.3 is 6.03 Å². The fraction of sp³-hybridized carbons (Fsp3) is 0.200. The SMILES string of the molecule is COc1ccc(NC(=O)N2CCS[C@]23C(=O)N(Cc2ccccc2Cl)c2ccc(F)cc23)cc1. The van der Waals surface area contributed by atoms with Gasteiger partial charge in [0.2, 0.25) is 0 Å². The molecule has 0 aromatic heterocycles. The van der Waals surface area contributed by atoms with E-state index in [9.17, 15) is 14.0 Å². The summed E-state index contributed by atoms with van der Waals surface area (Å²) in [5.74, 6) is 0.447. The normalized spacial score (nSPS) is 19.0. The summed E-state index contributed by atoms with van der Waals surface area (Å²) in [7, 11) is 1.56. The van der Waals surface area contributed by atoms with Gasteiger partial charge in [0.05, 0.1) is 19.3 Å². The van der Waals surface area contributed by atoms with Crippen molar-refractivity contribution in [2.45, 2.75) is 11.4 Å². The van der Waals surface area contributed by atoms with Gasteiger partial charge < -0.3 is 15.0 Å². The number of halogens is 2. The molecule has 1 spiro atoms. The monoisotopic (exact) mass is 497 g/mol. The van der Waals surface area contributed by atoms with E-state index < -0.39 is 16.7 Å². The average molecular weight is 498 g/mol. The molecule has 9 heteroatoms. The standard InChI is InChI=1S/C25H21ClFN3O3S/c1-33-19-9-7-18(8-10-19)28-24(32)30-12-13-34-25(30)20-14-17(27)6-11-22(20)29(23(25)31)15-16-4-2-3-5-21(16)26/h2-11,14H,12-13,15H2,1H3,(H,28,32)/t25-/m1/s1. The Bertz CT molecular complexity index is 1270. The second-order valence-electron chi connectivity index (χ2n) is 7.95. The Kier molecular flexibility index (Phi) is 5.87. The lowest BCUT2D eigenvalue weighted by molar-refractivity contribution is -0.123. The highest BCUT2D eigenvalue weighted by Gasteiger charge is 2.59. The summed E-state index contributed by atoms with van der Waals surface area (Å²) in [6, 6.07) is 18.0. The first kappa shape index (κ1) is 22.6. The number of rotatable bonds is 4. The van der Waals surface area contributed by atoms with Crippen LogP contribution >= 0.6 is 23.4 Å². The van der Waals surface area contributed by atoms with Crippen LogP contribution in [-0.2, 0) is 16.2 Å². The lowest BCUT2D eigenvalue weighted by Gasteiger charge is -2.33. The minimum Gasteiger partial charge on any atom is -0.497 e. The fourth-order valence-corrected chi connectivity index (χ4v) is 6.05. The van der Waals surface area contributed by atoms with Crippen LogP contribution in [0, 0.1) is 5.82 Å². The van der Waals surface area contributed by atoms with Gasteiger partial charge in [-0.1, -0.05) is 29.8 Å². The molecule has 2 aliphatic rings. The summed E-state index contributed by atoms with van der Waals surface area (Å²) in [5, 5.41) is 3.39. The predicted molar refractivity (Wildman–Crippen MR) is 132 cm³/mol. The zero-order valence-electron chi connectivity index (χ0n) is 18.3. The van der Waals surface area contributed by atoms with Crippen LogP contribution in [0.3, 0.4) is 0 Å². The molecule has 1 atom stereocenters. The van der Waals surface area contributed by atoms with Gasteiger partial charge in [-0.15, -0.1) is 11.8 Å². The van der Waals surface area contributed by atoms with Crippen molar-refractivity contribution in [3.05, 3.63) is 88.7 Å². The first-order valence-electron chi connectivity index (χ1n) is 10.7. The molecule has 0 radical (unpaired) electrons. The number of methoxy groups -OCH3 is 1. The zero-order chi connectivity index (χ0) is 23.9. The van der Waals surface area contributed by atoms with Crippen LogP contribution in [0.5, 0.6) is 5.75 Å². The van der Waals surface area contributed by atoms with E-state index in [2.05, 4.69) is 5.32 Å². The van der Waals surface area contributed by atoms with Crippen LogP contribution in [0.15, 0.2) is 66.7 Å². The van der Waals surface area contributed by atoms with E-state index in [1.54, 1.807) is 48.4 Å². The number of amides is 3. The average Bonchev–Trinajstić information content (AvgIpc) is 3.38. The molecule has 1 saturated heterocycles. The number of nitrogens with zero attached hydrogens (tertiary/aromatic N) is 2. The van der Waals surface area contributed by atoms with Crippen molar-refractivity contribution < 1.29 is 18.7 Å². The molecule has 1 fully saturated rings. The van der Waals surface area contributed by atoms with Gasteiger partial charge in [0.15, 0.2) is 4.87 Å². The van der Waals surface area contributed by atoms with Crippen molar-refractivity contribution in [3.63, 3.8) is 0 Å². The van der Waals surface area contributed by atoms with Gasteiger partial charge in [0, 0.05) is 28.6 Å². The van der Waals surface area contributed by atoms with Crippen molar-refractivity contribution in [3.8, 4) is 5.75 Å². The second-order valence-corrected chi connectivity index (χ2v) is 9.64. The van der Waals surface area contributed by atoms with Gasteiger partial charge in [-0.05, 0) is 54.1 Å². The van der Waals surface area contributed by atoms with Crippen LogP contribution in [-0.4, -0.2) is 36.2 Å². The molecule has 174 valence electrons. The molecule has 2 aliphatic heterocycles. The number of carbonyl (C=O) groups is 2. The van der Waals surface area contributed by atoms with Gasteiger partial charge in [-0.25, -0.2) is 9.18 Å². The van der Waals surface area contributed by atoms with Crippen LogP contribution in [0.4, 0.5) is 20.6 Å². The lowest BCUT2D eigenvalue weighted by Crippen LogP contribution is -2.51. The quantitative estimate of drug-likeness (QED) is 0.519. The summed E-state index contributed by atoms with van der Waals surface area (Å²) in [5.41, 5.74) is 2.37. The molecule has 3 amide bonds. The number of hydrogen-bond donors (Lipinski definition) is 1. The highest BCUT2D eigenvalue weighted by Crippen LogP contribution is 2.54. The number of fused-ring (bicyclic) bond motifs is 2. The van der Waals surface area contributed by atoms with Crippen LogP contribution in [0.2, 0.25) is 5.02 Å². The predicted octanol–water partition coefficient (Wildman–Crippen LogP) is 5.47. The Morgan fingerprint density at radius 1 is 1.18 bits per heavy atom. The fourth-order valence-electron chi connectivity index (χ4n) is 4.41. The number of urea groups is 1. The van der Waals surface area contributed by atoms with Gasteiger partial charge in [-0.3, -0.25) is 9.69 Å². The third-order valence-electron chi connectivity index (χ3n) is 6.03. The lowest BCUT2D eigenvalue weighted by atomic mass is 10.1. The molecule has 3 aromatic carbocycles. The molecule has 6 nitrogen and oxygen atoms in total. The minimum atomic E-state index is -1.35. The van der Waals surface area contributed by atoms with E-state index in [0.717, 1.165) is 5.56 Å². The maximum atomic E-state index is 14.4. The van der Waals surface area contributed by atoms with E-state index in [4.69, 9.17) is 16.3 Å². The molecule has 3 aromatic rings.